The van der Waals surface area contributed by atoms with Crippen molar-refractivity contribution in [3.05, 3.63) is 92.8 Å². The Morgan fingerprint density at radius 2 is 1.72 bits per heavy atom. The maximum Gasteiger partial charge on any atom is 0.338 e. The second kappa shape index (κ2) is 7.88. The van der Waals surface area contributed by atoms with Crippen molar-refractivity contribution in [2.75, 3.05) is 7.11 Å². The number of methoxy groups -OCH3 is 1. The summed E-state index contributed by atoms with van der Waals surface area (Å²) in [5.41, 5.74) is -1.26. The van der Waals surface area contributed by atoms with Crippen LogP contribution >= 0.6 is 0 Å². The van der Waals surface area contributed by atoms with E-state index in [0.29, 0.717) is 0 Å². The fraction of sp³-hybridized carbons (Fsp3) is 0.0435. The standard InChI is InChI=1S/C23H16N2O7/c1-32-18-11-5-10-17(26)20(18)21-19(23(28)29)15-8-2-3-9-16(15)22(27)24(21)13-6-4-7-14(12-13)25(30)31/h2-12,26H,1H3,(H,28,29). The van der Waals surface area contributed by atoms with E-state index in [1.807, 2.05) is 0 Å². The minimum Gasteiger partial charge on any atom is -0.507 e. The first-order valence-electron chi connectivity index (χ1n) is 9.37. The van der Waals surface area contributed by atoms with E-state index in [1.165, 1.54) is 55.6 Å². The Kier molecular flexibility index (Phi) is 5.07. The molecule has 0 fully saturated rings. The van der Waals surface area contributed by atoms with Crippen LogP contribution in [0, 0.1) is 10.1 Å². The predicted molar refractivity (Wildman–Crippen MR) is 117 cm³/mol. The maximum atomic E-state index is 13.6. The SMILES string of the molecule is COc1cccc(O)c1-c1c(C(=O)O)c2ccccc2c(=O)n1-c1cccc([N+](=O)[O-])c1. The Balaban J connectivity index is 2.30. The van der Waals surface area contributed by atoms with Crippen LogP contribution < -0.4 is 10.3 Å². The third kappa shape index (κ3) is 3.21. The quantitative estimate of drug-likeness (QED) is 0.360. The molecule has 2 N–H and O–H groups in total. The summed E-state index contributed by atoms with van der Waals surface area (Å²) >= 11 is 0. The molecule has 4 aromatic rings. The number of hydrogen-bond acceptors (Lipinski definition) is 6. The van der Waals surface area contributed by atoms with Gasteiger partial charge in [-0.25, -0.2) is 4.79 Å². The Morgan fingerprint density at radius 1 is 1.03 bits per heavy atom. The molecule has 0 aliphatic heterocycles. The lowest BCUT2D eigenvalue weighted by Crippen LogP contribution is -2.24. The van der Waals surface area contributed by atoms with Crippen molar-refractivity contribution in [2.45, 2.75) is 0 Å². The summed E-state index contributed by atoms with van der Waals surface area (Å²) in [6.45, 7) is 0. The van der Waals surface area contributed by atoms with Crippen molar-refractivity contribution in [2.24, 2.45) is 0 Å². The summed E-state index contributed by atoms with van der Waals surface area (Å²) < 4.78 is 6.40. The monoisotopic (exact) mass is 432 g/mol. The van der Waals surface area contributed by atoms with Crippen LogP contribution in [0.3, 0.4) is 0 Å². The lowest BCUT2D eigenvalue weighted by Gasteiger charge is -2.20. The predicted octanol–water partition coefficient (Wildman–Crippen LogP) is 3.98. The average Bonchev–Trinajstić information content (AvgIpc) is 2.78. The number of non-ortho nitro benzene ring substituents is 1. The van der Waals surface area contributed by atoms with Crippen molar-refractivity contribution < 1.29 is 24.7 Å². The molecule has 1 aromatic heterocycles. The summed E-state index contributed by atoms with van der Waals surface area (Å²) in [5, 5.41) is 32.4. The average molecular weight is 432 g/mol. The van der Waals surface area contributed by atoms with Crippen molar-refractivity contribution >= 4 is 22.4 Å². The smallest absolute Gasteiger partial charge is 0.338 e. The van der Waals surface area contributed by atoms with Gasteiger partial charge in [0.15, 0.2) is 0 Å². The van der Waals surface area contributed by atoms with Gasteiger partial charge in [0, 0.05) is 22.9 Å². The van der Waals surface area contributed by atoms with Crippen LogP contribution in [0.15, 0.2) is 71.5 Å². The fourth-order valence-corrected chi connectivity index (χ4v) is 3.72. The number of aromatic hydroxyl groups is 1. The van der Waals surface area contributed by atoms with Gasteiger partial charge in [-0.15, -0.1) is 0 Å². The highest BCUT2D eigenvalue weighted by molar-refractivity contribution is 6.09. The molecule has 0 amide bonds. The zero-order valence-electron chi connectivity index (χ0n) is 16.7. The minimum absolute atomic E-state index is 0.0261. The Bertz CT molecular complexity index is 1460. The lowest BCUT2D eigenvalue weighted by molar-refractivity contribution is -0.384. The number of rotatable bonds is 5. The topological polar surface area (TPSA) is 132 Å². The Hall–Kier alpha value is -4.66. The van der Waals surface area contributed by atoms with Gasteiger partial charge in [0.25, 0.3) is 11.2 Å². The van der Waals surface area contributed by atoms with Gasteiger partial charge in [0.05, 0.1) is 34.5 Å². The van der Waals surface area contributed by atoms with Gasteiger partial charge >= 0.3 is 5.97 Å². The third-order valence-corrected chi connectivity index (χ3v) is 5.06. The molecule has 0 radical (unpaired) electrons. The molecule has 0 bridgehead atoms. The van der Waals surface area contributed by atoms with Crippen LogP contribution in [0.1, 0.15) is 10.4 Å². The minimum atomic E-state index is -1.35. The van der Waals surface area contributed by atoms with Gasteiger partial charge < -0.3 is 14.9 Å². The van der Waals surface area contributed by atoms with E-state index in [4.69, 9.17) is 4.74 Å². The zero-order chi connectivity index (χ0) is 23.0. The molecule has 32 heavy (non-hydrogen) atoms. The van der Waals surface area contributed by atoms with Crippen LogP contribution in [0.4, 0.5) is 5.69 Å². The molecule has 0 atom stereocenters. The maximum absolute atomic E-state index is 13.6. The van der Waals surface area contributed by atoms with E-state index in [-0.39, 0.29) is 50.5 Å². The lowest BCUT2D eigenvalue weighted by atomic mass is 9.97. The van der Waals surface area contributed by atoms with Crippen LogP contribution in [0.2, 0.25) is 0 Å². The molecule has 160 valence electrons. The highest BCUT2D eigenvalue weighted by Crippen LogP contribution is 2.41. The number of benzene rings is 3. The number of phenolic OH excluding ortho intramolecular Hbond substituents is 1. The first-order chi connectivity index (χ1) is 15.3. The first-order valence-corrected chi connectivity index (χ1v) is 9.37. The fourth-order valence-electron chi connectivity index (χ4n) is 3.72. The summed E-state index contributed by atoms with van der Waals surface area (Å²) in [4.78, 5) is 36.7. The van der Waals surface area contributed by atoms with Crippen LogP contribution in [-0.2, 0) is 0 Å². The van der Waals surface area contributed by atoms with Crippen molar-refractivity contribution in [3.63, 3.8) is 0 Å². The molecule has 4 rings (SSSR count). The van der Waals surface area contributed by atoms with E-state index in [9.17, 15) is 29.9 Å². The zero-order valence-corrected chi connectivity index (χ0v) is 16.7. The van der Waals surface area contributed by atoms with E-state index >= 15 is 0 Å². The molecule has 0 aliphatic rings. The summed E-state index contributed by atoms with van der Waals surface area (Å²) in [7, 11) is 1.34. The Labute approximate surface area is 180 Å². The highest BCUT2D eigenvalue weighted by atomic mass is 16.6. The van der Waals surface area contributed by atoms with Gasteiger partial charge in [-0.2, -0.15) is 0 Å². The van der Waals surface area contributed by atoms with Crippen molar-refractivity contribution in [1.82, 2.24) is 4.57 Å². The molecule has 0 unspecified atom stereocenters. The number of nitro benzene ring substituents is 1. The molecule has 0 saturated heterocycles. The van der Waals surface area contributed by atoms with Crippen molar-refractivity contribution in [1.29, 1.82) is 0 Å². The second-order valence-corrected chi connectivity index (χ2v) is 6.85. The number of ether oxygens (including phenoxy) is 1. The molecular weight excluding hydrogens is 416 g/mol. The Morgan fingerprint density at radius 3 is 2.38 bits per heavy atom. The number of carboxylic acid groups (broad SMARTS) is 1. The summed E-state index contributed by atoms with van der Waals surface area (Å²) in [6, 6.07) is 15.8. The largest absolute Gasteiger partial charge is 0.507 e. The van der Waals surface area contributed by atoms with Crippen LogP contribution in [0.25, 0.3) is 27.7 Å². The number of carbonyl (C=O) groups is 1. The number of aromatic carboxylic acids is 1. The van der Waals surface area contributed by atoms with Crippen LogP contribution in [0.5, 0.6) is 11.5 Å². The van der Waals surface area contributed by atoms with Gasteiger partial charge in [0.1, 0.15) is 11.5 Å². The molecule has 0 aliphatic carbocycles. The third-order valence-electron chi connectivity index (χ3n) is 5.06. The van der Waals surface area contributed by atoms with Gasteiger partial charge in [-0.05, 0) is 24.3 Å². The number of aromatic nitrogens is 1. The first kappa shape index (κ1) is 20.6. The number of phenols is 1. The highest BCUT2D eigenvalue weighted by Gasteiger charge is 2.28. The second-order valence-electron chi connectivity index (χ2n) is 6.85. The molecule has 9 heteroatoms. The van der Waals surface area contributed by atoms with Gasteiger partial charge in [0.2, 0.25) is 0 Å². The molecule has 9 nitrogen and oxygen atoms in total. The number of nitrogens with zero attached hydrogens (tertiary/aromatic N) is 2. The number of fused-ring (bicyclic) bond motifs is 1. The number of nitro groups is 1. The van der Waals surface area contributed by atoms with E-state index in [2.05, 4.69) is 0 Å². The molecular formula is C23H16N2O7. The van der Waals surface area contributed by atoms with E-state index in [0.717, 1.165) is 10.6 Å². The summed E-state index contributed by atoms with van der Waals surface area (Å²) in [6.07, 6.45) is 0. The number of pyridine rings is 1. The van der Waals surface area contributed by atoms with E-state index < -0.39 is 16.5 Å². The van der Waals surface area contributed by atoms with Crippen LogP contribution in [-0.4, -0.2) is 32.8 Å². The number of carboxylic acids is 1. The van der Waals surface area contributed by atoms with Gasteiger partial charge in [-0.1, -0.05) is 30.3 Å². The number of hydrogen-bond donors (Lipinski definition) is 2. The molecule has 0 spiro atoms. The van der Waals surface area contributed by atoms with Gasteiger partial charge in [-0.3, -0.25) is 19.5 Å². The van der Waals surface area contributed by atoms with E-state index in [1.54, 1.807) is 12.1 Å². The van der Waals surface area contributed by atoms with Crippen molar-refractivity contribution in [3.8, 4) is 28.4 Å². The molecule has 3 aromatic carbocycles. The molecule has 1 heterocycles. The molecule has 0 saturated carbocycles. The summed E-state index contributed by atoms with van der Waals surface area (Å²) in [5.74, 6) is -1.54. The normalized spacial score (nSPS) is 10.8.